The Bertz CT molecular complexity index is 355. The van der Waals surface area contributed by atoms with E-state index in [4.69, 9.17) is 0 Å². The maximum atomic E-state index is 4.38. The molecule has 0 atom stereocenters. The van der Waals surface area contributed by atoms with E-state index in [-0.39, 0.29) is 0 Å². The minimum atomic E-state index is 0.905. The number of rotatable bonds is 6. The van der Waals surface area contributed by atoms with Crippen molar-refractivity contribution in [1.29, 1.82) is 0 Å². The smallest absolute Gasteiger partial charge is 0.0739 e. The number of nitrogens with one attached hydrogen (secondary N) is 1. The number of aryl methyl sites for hydroxylation is 2. The van der Waals surface area contributed by atoms with Gasteiger partial charge < -0.3 is 5.32 Å². The fraction of sp³-hybridized carbons (Fsp3) is 0.750. The van der Waals surface area contributed by atoms with Crippen LogP contribution in [0, 0.1) is 12.8 Å². The molecule has 1 aliphatic carbocycles. The summed E-state index contributed by atoms with van der Waals surface area (Å²) in [6.07, 6.45) is 5.64. The van der Waals surface area contributed by atoms with Crippen molar-refractivity contribution in [2.45, 2.75) is 39.2 Å². The van der Waals surface area contributed by atoms with E-state index in [2.05, 4.69) is 26.3 Å². The number of aromatic nitrogens is 2. The summed E-state index contributed by atoms with van der Waals surface area (Å²) in [5, 5.41) is 7.87. The van der Waals surface area contributed by atoms with Gasteiger partial charge in [0.25, 0.3) is 0 Å². The Kier molecular flexibility index (Phi) is 4.03. The highest BCUT2D eigenvalue weighted by Gasteiger charge is 2.19. The van der Waals surface area contributed by atoms with Gasteiger partial charge in [0, 0.05) is 13.6 Å². The van der Waals surface area contributed by atoms with Crippen LogP contribution in [0.25, 0.3) is 0 Å². The van der Waals surface area contributed by atoms with Crippen LogP contribution in [0.4, 0.5) is 0 Å². The van der Waals surface area contributed by atoms with Gasteiger partial charge in [0.15, 0.2) is 0 Å². The molecule has 4 heteroatoms. The molecule has 1 aromatic heterocycles. The first-order valence-electron chi connectivity index (χ1n) is 6.07. The third-order valence-corrected chi connectivity index (χ3v) is 4.25. The lowest BCUT2D eigenvalue weighted by atomic mass is 10.2. The van der Waals surface area contributed by atoms with Crippen molar-refractivity contribution in [3.8, 4) is 0 Å². The fourth-order valence-electron chi connectivity index (χ4n) is 2.00. The Morgan fingerprint density at radius 1 is 1.50 bits per heavy atom. The topological polar surface area (TPSA) is 29.9 Å². The van der Waals surface area contributed by atoms with Crippen molar-refractivity contribution >= 4 is 15.9 Å². The first-order valence-corrected chi connectivity index (χ1v) is 6.86. The Morgan fingerprint density at radius 2 is 2.25 bits per heavy atom. The molecule has 0 aromatic carbocycles. The minimum Gasteiger partial charge on any atom is -0.311 e. The van der Waals surface area contributed by atoms with Gasteiger partial charge in [-0.3, -0.25) is 4.68 Å². The molecule has 0 radical (unpaired) electrons. The van der Waals surface area contributed by atoms with Gasteiger partial charge in [-0.2, -0.15) is 5.10 Å². The molecular formula is C12H20BrN3. The van der Waals surface area contributed by atoms with Gasteiger partial charge in [0.05, 0.1) is 15.9 Å². The molecule has 1 aliphatic rings. The minimum absolute atomic E-state index is 0.905. The average molecular weight is 286 g/mol. The highest BCUT2D eigenvalue weighted by Crippen LogP contribution is 2.33. The monoisotopic (exact) mass is 285 g/mol. The number of halogens is 1. The highest BCUT2D eigenvalue weighted by molar-refractivity contribution is 9.10. The molecule has 1 N–H and O–H groups in total. The molecule has 0 saturated heterocycles. The van der Waals surface area contributed by atoms with E-state index in [0.717, 1.165) is 29.2 Å². The molecule has 0 aliphatic heterocycles. The van der Waals surface area contributed by atoms with Crippen molar-refractivity contribution in [1.82, 2.24) is 15.1 Å². The molecule has 0 spiro atoms. The van der Waals surface area contributed by atoms with Gasteiger partial charge >= 0.3 is 0 Å². The Morgan fingerprint density at radius 3 is 2.81 bits per heavy atom. The summed E-state index contributed by atoms with van der Waals surface area (Å²) in [7, 11) is 2.00. The molecule has 1 saturated carbocycles. The van der Waals surface area contributed by atoms with Crippen molar-refractivity contribution < 1.29 is 0 Å². The van der Waals surface area contributed by atoms with E-state index in [0.29, 0.717) is 0 Å². The Balaban J connectivity index is 1.71. The number of nitrogens with zero attached hydrogens (tertiary/aromatic N) is 2. The zero-order valence-corrected chi connectivity index (χ0v) is 11.7. The van der Waals surface area contributed by atoms with E-state index in [1.165, 1.54) is 31.4 Å². The molecule has 0 unspecified atom stereocenters. The van der Waals surface area contributed by atoms with Gasteiger partial charge in [0.1, 0.15) is 0 Å². The largest absolute Gasteiger partial charge is 0.311 e. The molecule has 1 heterocycles. The average Bonchev–Trinajstić information content (AvgIpc) is 3.02. The summed E-state index contributed by atoms with van der Waals surface area (Å²) in [5.74, 6) is 1.05. The van der Waals surface area contributed by atoms with Gasteiger partial charge in [-0.1, -0.05) is 12.8 Å². The van der Waals surface area contributed by atoms with Crippen molar-refractivity contribution in [3.63, 3.8) is 0 Å². The zero-order chi connectivity index (χ0) is 11.5. The maximum absolute atomic E-state index is 4.38. The quantitative estimate of drug-likeness (QED) is 0.815. The van der Waals surface area contributed by atoms with Crippen molar-refractivity contribution in [2.75, 3.05) is 6.54 Å². The van der Waals surface area contributed by atoms with Crippen LogP contribution in [0.15, 0.2) is 4.47 Å². The second-order valence-corrected chi connectivity index (χ2v) is 5.53. The molecule has 16 heavy (non-hydrogen) atoms. The molecule has 90 valence electrons. The predicted molar refractivity (Wildman–Crippen MR) is 69.3 cm³/mol. The Labute approximate surface area is 106 Å². The molecule has 0 bridgehead atoms. The molecule has 2 rings (SSSR count). The Hall–Kier alpha value is -0.350. The second-order valence-electron chi connectivity index (χ2n) is 4.73. The SMILES string of the molecule is Cc1nn(C)c(CNCCCC2CC2)c1Br. The lowest BCUT2D eigenvalue weighted by molar-refractivity contribution is 0.572. The van der Waals surface area contributed by atoms with E-state index in [1.54, 1.807) is 0 Å². The zero-order valence-electron chi connectivity index (χ0n) is 10.1. The van der Waals surface area contributed by atoms with Crippen LogP contribution in [-0.4, -0.2) is 16.3 Å². The predicted octanol–water partition coefficient (Wildman–Crippen LogP) is 2.77. The summed E-state index contributed by atoms with van der Waals surface area (Å²) in [4.78, 5) is 0. The van der Waals surface area contributed by atoms with Crippen molar-refractivity contribution in [2.24, 2.45) is 13.0 Å². The van der Waals surface area contributed by atoms with Crippen molar-refractivity contribution in [3.05, 3.63) is 15.9 Å². The van der Waals surface area contributed by atoms with Crippen LogP contribution in [0.1, 0.15) is 37.1 Å². The van der Waals surface area contributed by atoms with Gasteiger partial charge in [-0.25, -0.2) is 0 Å². The summed E-state index contributed by atoms with van der Waals surface area (Å²) in [5.41, 5.74) is 2.31. The number of hydrogen-bond acceptors (Lipinski definition) is 2. The second kappa shape index (κ2) is 5.32. The number of hydrogen-bond donors (Lipinski definition) is 1. The first kappa shape index (κ1) is 12.1. The van der Waals surface area contributed by atoms with Crippen LogP contribution in [0.2, 0.25) is 0 Å². The summed E-state index contributed by atoms with van der Waals surface area (Å²) >= 11 is 3.58. The van der Waals surface area contributed by atoms with E-state index < -0.39 is 0 Å². The van der Waals surface area contributed by atoms with Crippen LogP contribution in [-0.2, 0) is 13.6 Å². The molecule has 0 amide bonds. The van der Waals surface area contributed by atoms with Gasteiger partial charge in [-0.15, -0.1) is 0 Å². The standard InChI is InChI=1S/C12H20BrN3/c1-9-12(13)11(16(2)15-9)8-14-7-3-4-10-5-6-10/h10,14H,3-8H2,1-2H3. The molecule has 3 nitrogen and oxygen atoms in total. The summed E-state index contributed by atoms with van der Waals surface area (Å²) < 4.78 is 3.09. The molecule has 1 aromatic rings. The fourth-order valence-corrected chi connectivity index (χ4v) is 2.48. The normalized spacial score (nSPS) is 15.7. The third kappa shape index (κ3) is 3.08. The maximum Gasteiger partial charge on any atom is 0.0739 e. The van der Waals surface area contributed by atoms with Gasteiger partial charge in [-0.05, 0) is 48.2 Å². The highest BCUT2D eigenvalue weighted by atomic mass is 79.9. The summed E-state index contributed by atoms with van der Waals surface area (Å²) in [6, 6.07) is 0. The van der Waals surface area contributed by atoms with E-state index in [1.807, 2.05) is 18.7 Å². The lowest BCUT2D eigenvalue weighted by Crippen LogP contribution is -2.17. The third-order valence-electron chi connectivity index (χ3n) is 3.22. The molecule has 1 fully saturated rings. The van der Waals surface area contributed by atoms with E-state index in [9.17, 15) is 0 Å². The molecular weight excluding hydrogens is 266 g/mol. The van der Waals surface area contributed by atoms with Crippen LogP contribution < -0.4 is 5.32 Å². The van der Waals surface area contributed by atoms with Crippen LogP contribution >= 0.6 is 15.9 Å². The lowest BCUT2D eigenvalue weighted by Gasteiger charge is -2.05. The van der Waals surface area contributed by atoms with E-state index >= 15 is 0 Å². The summed E-state index contributed by atoms with van der Waals surface area (Å²) in [6.45, 7) is 4.05. The van der Waals surface area contributed by atoms with Gasteiger partial charge in [0.2, 0.25) is 0 Å². The first-order chi connectivity index (χ1) is 7.68. The van der Waals surface area contributed by atoms with Crippen LogP contribution in [0.5, 0.6) is 0 Å². The van der Waals surface area contributed by atoms with Crippen LogP contribution in [0.3, 0.4) is 0 Å².